The topological polar surface area (TPSA) is 63.7 Å². The van der Waals surface area contributed by atoms with Crippen LogP contribution in [-0.4, -0.2) is 13.1 Å². The van der Waals surface area contributed by atoms with Crippen LogP contribution in [0.5, 0.6) is 0 Å². The van der Waals surface area contributed by atoms with Crippen molar-refractivity contribution in [1.82, 2.24) is 0 Å². The van der Waals surface area contributed by atoms with Crippen LogP contribution >= 0.6 is 15.9 Å². The molecule has 0 spiro atoms. The molecule has 0 unspecified atom stereocenters. The molecule has 5 aromatic rings. The predicted octanol–water partition coefficient (Wildman–Crippen LogP) is 6.84. The zero-order valence-electron chi connectivity index (χ0n) is 18.8. The highest BCUT2D eigenvalue weighted by atomic mass is 79.9. The van der Waals surface area contributed by atoms with Gasteiger partial charge in [-0.25, -0.2) is 9.59 Å². The van der Waals surface area contributed by atoms with Gasteiger partial charge >= 0.3 is 11.3 Å². The summed E-state index contributed by atoms with van der Waals surface area (Å²) >= 11 is 3.46. The van der Waals surface area contributed by atoms with Gasteiger partial charge in [-0.15, -0.1) is 0 Å². The highest BCUT2D eigenvalue weighted by Gasteiger charge is 2.13. The SMILES string of the molecule is CCN(CC)c1ccc(-c2cc(=O)oc3ccc(-c4cc5cc(Br)ccc5oc4=O)cc23)cc1. The van der Waals surface area contributed by atoms with Crippen LogP contribution in [0.3, 0.4) is 0 Å². The molecule has 170 valence electrons. The Morgan fingerprint density at radius 3 is 2.18 bits per heavy atom. The van der Waals surface area contributed by atoms with E-state index in [1.807, 2.05) is 36.4 Å². The van der Waals surface area contributed by atoms with Gasteiger partial charge in [-0.2, -0.15) is 0 Å². The summed E-state index contributed by atoms with van der Waals surface area (Å²) in [6.45, 7) is 6.08. The predicted molar refractivity (Wildman–Crippen MR) is 141 cm³/mol. The summed E-state index contributed by atoms with van der Waals surface area (Å²) in [5.74, 6) is 0. The van der Waals surface area contributed by atoms with Gasteiger partial charge in [0.2, 0.25) is 0 Å². The first-order valence-corrected chi connectivity index (χ1v) is 11.9. The minimum absolute atomic E-state index is 0.418. The third kappa shape index (κ3) is 4.05. The van der Waals surface area contributed by atoms with Gasteiger partial charge in [0.15, 0.2) is 0 Å². The van der Waals surface area contributed by atoms with Crippen LogP contribution in [0.25, 0.3) is 44.2 Å². The first-order chi connectivity index (χ1) is 16.5. The molecule has 0 saturated heterocycles. The average Bonchev–Trinajstić information content (AvgIpc) is 2.84. The molecule has 34 heavy (non-hydrogen) atoms. The Balaban J connectivity index is 1.67. The van der Waals surface area contributed by atoms with Crippen molar-refractivity contribution in [2.45, 2.75) is 13.8 Å². The highest BCUT2D eigenvalue weighted by Crippen LogP contribution is 2.32. The lowest BCUT2D eigenvalue weighted by molar-refractivity contribution is 0.561. The number of nitrogens with zero attached hydrogens (tertiary/aromatic N) is 1. The number of anilines is 1. The van der Waals surface area contributed by atoms with Crippen molar-refractivity contribution in [3.8, 4) is 22.3 Å². The Hall–Kier alpha value is -3.64. The van der Waals surface area contributed by atoms with Crippen molar-refractivity contribution >= 4 is 43.6 Å². The second-order valence-corrected chi connectivity index (χ2v) is 8.95. The molecule has 6 heteroatoms. The van der Waals surface area contributed by atoms with Crippen molar-refractivity contribution in [3.05, 3.63) is 98.1 Å². The molecule has 2 heterocycles. The van der Waals surface area contributed by atoms with Gasteiger partial charge in [-0.3, -0.25) is 0 Å². The van der Waals surface area contributed by atoms with Crippen LogP contribution in [0, 0.1) is 0 Å². The summed E-state index contributed by atoms with van der Waals surface area (Å²) < 4.78 is 11.9. The van der Waals surface area contributed by atoms with E-state index in [-0.39, 0.29) is 0 Å². The zero-order chi connectivity index (χ0) is 23.8. The van der Waals surface area contributed by atoms with Crippen LogP contribution in [0.2, 0.25) is 0 Å². The van der Waals surface area contributed by atoms with Gasteiger partial charge in [0.25, 0.3) is 0 Å². The third-order valence-corrected chi connectivity index (χ3v) is 6.55. The Kier molecular flexibility index (Phi) is 5.84. The molecular weight excluding hydrogens is 494 g/mol. The van der Waals surface area contributed by atoms with E-state index in [1.54, 1.807) is 18.2 Å². The van der Waals surface area contributed by atoms with Gasteiger partial charge in [-0.1, -0.05) is 34.1 Å². The van der Waals surface area contributed by atoms with E-state index in [1.165, 1.54) is 6.07 Å². The maximum atomic E-state index is 12.8. The molecule has 0 N–H and O–H groups in total. The quantitative estimate of drug-likeness (QED) is 0.239. The van der Waals surface area contributed by atoms with E-state index in [4.69, 9.17) is 8.83 Å². The number of benzene rings is 3. The Morgan fingerprint density at radius 2 is 1.44 bits per heavy atom. The fourth-order valence-corrected chi connectivity index (χ4v) is 4.68. The standard InChI is InChI=1S/C28H22BrNO4/c1-3-30(4-2)21-9-5-17(6-10-21)22-16-27(31)33-26-11-7-18(14-24(22)26)23-15-19-13-20(29)8-12-25(19)34-28(23)32/h5-16H,3-4H2,1-2H3. The first kappa shape index (κ1) is 22.2. The first-order valence-electron chi connectivity index (χ1n) is 11.1. The van der Waals surface area contributed by atoms with E-state index in [0.717, 1.165) is 45.1 Å². The normalized spacial score (nSPS) is 11.3. The molecule has 0 fully saturated rings. The summed E-state index contributed by atoms with van der Waals surface area (Å²) in [7, 11) is 0. The summed E-state index contributed by atoms with van der Waals surface area (Å²) in [4.78, 5) is 27.3. The van der Waals surface area contributed by atoms with Gasteiger partial charge < -0.3 is 13.7 Å². The lowest BCUT2D eigenvalue weighted by atomic mass is 9.98. The van der Waals surface area contributed by atoms with Crippen LogP contribution in [0.1, 0.15) is 13.8 Å². The van der Waals surface area contributed by atoms with E-state index >= 15 is 0 Å². The highest BCUT2D eigenvalue weighted by molar-refractivity contribution is 9.10. The molecule has 0 aliphatic carbocycles. The summed E-state index contributed by atoms with van der Waals surface area (Å²) in [6, 6.07) is 22.3. The number of hydrogen-bond donors (Lipinski definition) is 0. The Labute approximate surface area is 204 Å². The second-order valence-electron chi connectivity index (χ2n) is 8.04. The Bertz CT molecular complexity index is 1630. The van der Waals surface area contributed by atoms with Crippen molar-refractivity contribution in [3.63, 3.8) is 0 Å². The lowest BCUT2D eigenvalue weighted by Gasteiger charge is -2.21. The third-order valence-electron chi connectivity index (χ3n) is 6.05. The maximum absolute atomic E-state index is 12.8. The fourth-order valence-electron chi connectivity index (χ4n) is 4.31. The van der Waals surface area contributed by atoms with Crippen molar-refractivity contribution in [2.24, 2.45) is 0 Å². The van der Waals surface area contributed by atoms with Gasteiger partial charge in [0.05, 0.1) is 5.56 Å². The molecular formula is C28H22BrNO4. The summed E-state index contributed by atoms with van der Waals surface area (Å²) in [5, 5.41) is 1.57. The molecule has 0 aliphatic rings. The molecule has 5 rings (SSSR count). The van der Waals surface area contributed by atoms with Crippen molar-refractivity contribution in [2.75, 3.05) is 18.0 Å². The molecule has 0 bridgehead atoms. The molecule has 2 aromatic heterocycles. The molecule has 0 amide bonds. The van der Waals surface area contributed by atoms with E-state index in [2.05, 4.69) is 46.8 Å². The van der Waals surface area contributed by atoms with E-state index in [0.29, 0.717) is 22.3 Å². The van der Waals surface area contributed by atoms with Crippen LogP contribution < -0.4 is 16.2 Å². The molecule has 0 atom stereocenters. The lowest BCUT2D eigenvalue weighted by Crippen LogP contribution is -2.21. The van der Waals surface area contributed by atoms with E-state index < -0.39 is 11.3 Å². The number of hydrogen-bond acceptors (Lipinski definition) is 5. The van der Waals surface area contributed by atoms with E-state index in [9.17, 15) is 9.59 Å². The van der Waals surface area contributed by atoms with Crippen LogP contribution in [0.4, 0.5) is 5.69 Å². The summed E-state index contributed by atoms with van der Waals surface area (Å²) in [6.07, 6.45) is 0. The summed E-state index contributed by atoms with van der Waals surface area (Å²) in [5.41, 5.74) is 4.08. The molecule has 0 saturated carbocycles. The minimum atomic E-state index is -0.420. The minimum Gasteiger partial charge on any atom is -0.423 e. The second kappa shape index (κ2) is 8.95. The molecule has 3 aromatic carbocycles. The fraction of sp³-hybridized carbons (Fsp3) is 0.143. The largest absolute Gasteiger partial charge is 0.423 e. The van der Waals surface area contributed by atoms with Gasteiger partial charge in [0, 0.05) is 40.1 Å². The maximum Gasteiger partial charge on any atom is 0.344 e. The molecule has 5 nitrogen and oxygen atoms in total. The number of halogens is 1. The smallest absolute Gasteiger partial charge is 0.344 e. The number of fused-ring (bicyclic) bond motifs is 2. The monoisotopic (exact) mass is 515 g/mol. The van der Waals surface area contributed by atoms with Crippen LogP contribution in [0.15, 0.2) is 95.7 Å². The van der Waals surface area contributed by atoms with Gasteiger partial charge in [-0.05, 0) is 79.1 Å². The van der Waals surface area contributed by atoms with Crippen molar-refractivity contribution in [1.29, 1.82) is 0 Å². The zero-order valence-corrected chi connectivity index (χ0v) is 20.4. The molecule has 0 radical (unpaired) electrons. The van der Waals surface area contributed by atoms with Crippen LogP contribution in [-0.2, 0) is 0 Å². The molecule has 0 aliphatic heterocycles. The Morgan fingerprint density at radius 1 is 0.735 bits per heavy atom. The average molecular weight is 516 g/mol. The van der Waals surface area contributed by atoms with Gasteiger partial charge in [0.1, 0.15) is 11.2 Å². The van der Waals surface area contributed by atoms with Crippen molar-refractivity contribution < 1.29 is 8.83 Å². The number of rotatable bonds is 5.